The fourth-order valence-electron chi connectivity index (χ4n) is 5.64. The Hall–Kier alpha value is -2.94. The number of aliphatic carboxylic acids is 1. The van der Waals surface area contributed by atoms with Gasteiger partial charge in [0.05, 0.1) is 12.1 Å². The molecule has 8 nitrogen and oxygen atoms in total. The summed E-state index contributed by atoms with van der Waals surface area (Å²) in [5, 5.41) is 17.7. The molecule has 8 heteroatoms. The predicted molar refractivity (Wildman–Crippen MR) is 140 cm³/mol. The Kier molecular flexibility index (Phi) is 7.84. The summed E-state index contributed by atoms with van der Waals surface area (Å²) in [7, 11) is 0. The first-order valence-electron chi connectivity index (χ1n) is 13.1. The molecule has 0 bridgehead atoms. The Balaban J connectivity index is 1.08. The van der Waals surface area contributed by atoms with Gasteiger partial charge in [0.15, 0.2) is 0 Å². The van der Waals surface area contributed by atoms with E-state index in [9.17, 15) is 4.79 Å². The molecule has 3 fully saturated rings. The van der Waals surface area contributed by atoms with Gasteiger partial charge in [0, 0.05) is 50.4 Å². The van der Waals surface area contributed by atoms with Crippen LogP contribution in [0, 0.1) is 11.3 Å². The summed E-state index contributed by atoms with van der Waals surface area (Å²) < 4.78 is 0. The van der Waals surface area contributed by atoms with Gasteiger partial charge in [-0.2, -0.15) is 5.48 Å². The van der Waals surface area contributed by atoms with E-state index in [2.05, 4.69) is 68.7 Å². The highest BCUT2D eigenvalue weighted by Gasteiger charge is 2.30. The van der Waals surface area contributed by atoms with Gasteiger partial charge in [-0.15, -0.1) is 0 Å². The van der Waals surface area contributed by atoms with Crippen molar-refractivity contribution in [2.45, 2.75) is 37.8 Å². The third kappa shape index (κ3) is 6.06. The molecule has 3 aliphatic rings. The van der Waals surface area contributed by atoms with Crippen molar-refractivity contribution in [2.24, 2.45) is 5.92 Å². The first-order chi connectivity index (χ1) is 17.5. The van der Waals surface area contributed by atoms with Crippen molar-refractivity contribution < 1.29 is 14.7 Å². The highest BCUT2D eigenvalue weighted by molar-refractivity contribution is 5.96. The maximum atomic E-state index is 10.9. The Morgan fingerprint density at radius 1 is 0.972 bits per heavy atom. The number of likely N-dealkylation sites (tertiary alicyclic amines) is 1. The Morgan fingerprint density at radius 3 is 2.33 bits per heavy atom. The van der Waals surface area contributed by atoms with Crippen LogP contribution in [0.4, 0.5) is 5.69 Å². The molecule has 0 saturated carbocycles. The highest BCUT2D eigenvalue weighted by atomic mass is 16.7. The smallest absolute Gasteiger partial charge is 0.303 e. The van der Waals surface area contributed by atoms with Crippen molar-refractivity contribution in [3.05, 3.63) is 65.7 Å². The van der Waals surface area contributed by atoms with E-state index in [4.69, 9.17) is 15.4 Å². The summed E-state index contributed by atoms with van der Waals surface area (Å²) in [6.07, 6.45) is 3.22. The van der Waals surface area contributed by atoms with Crippen LogP contribution in [0.3, 0.4) is 0 Å². The highest BCUT2D eigenvalue weighted by Crippen LogP contribution is 2.28. The molecule has 2 unspecified atom stereocenters. The maximum Gasteiger partial charge on any atom is 0.303 e. The van der Waals surface area contributed by atoms with Gasteiger partial charge in [-0.05, 0) is 56.0 Å². The molecule has 0 spiro atoms. The van der Waals surface area contributed by atoms with Gasteiger partial charge in [-0.3, -0.25) is 15.0 Å². The third-order valence-electron chi connectivity index (χ3n) is 7.81. The summed E-state index contributed by atoms with van der Waals surface area (Å²) >= 11 is 0. The van der Waals surface area contributed by atoms with Crippen molar-refractivity contribution in [1.82, 2.24) is 15.3 Å². The van der Waals surface area contributed by atoms with Crippen LogP contribution in [0.15, 0.2) is 54.6 Å². The molecule has 36 heavy (non-hydrogen) atoms. The van der Waals surface area contributed by atoms with Crippen molar-refractivity contribution in [3.63, 3.8) is 0 Å². The van der Waals surface area contributed by atoms with Gasteiger partial charge in [0.25, 0.3) is 0 Å². The quantitative estimate of drug-likeness (QED) is 0.404. The van der Waals surface area contributed by atoms with E-state index >= 15 is 0 Å². The first-order valence-corrected chi connectivity index (χ1v) is 13.1. The number of hydroxylamine groups is 1. The lowest BCUT2D eigenvalue weighted by molar-refractivity contribution is -0.138. The largest absolute Gasteiger partial charge is 0.481 e. The SMILES string of the molecule is N=C(c1ccc(C2CC(CN3CCC(CC(=O)O)CC3)ON2)cc1)N1CCN(c2ccccc2)CC1. The van der Waals surface area contributed by atoms with E-state index in [0.717, 1.165) is 70.6 Å². The van der Waals surface area contributed by atoms with E-state index in [1.807, 2.05) is 6.07 Å². The van der Waals surface area contributed by atoms with Gasteiger partial charge in [-0.25, -0.2) is 0 Å². The number of carbonyl (C=O) groups is 1. The number of anilines is 1. The summed E-state index contributed by atoms with van der Waals surface area (Å²) in [4.78, 5) is 23.8. The summed E-state index contributed by atoms with van der Waals surface area (Å²) in [5.74, 6) is 0.208. The van der Waals surface area contributed by atoms with Crippen molar-refractivity contribution >= 4 is 17.5 Å². The molecule has 3 aliphatic heterocycles. The fourth-order valence-corrected chi connectivity index (χ4v) is 5.64. The summed E-state index contributed by atoms with van der Waals surface area (Å²) in [5.41, 5.74) is 6.59. The second kappa shape index (κ2) is 11.4. The first kappa shape index (κ1) is 24.7. The molecular weight excluding hydrogens is 454 g/mol. The molecular formula is C28H37N5O3. The molecule has 2 aromatic rings. The lowest BCUT2D eigenvalue weighted by Gasteiger charge is -2.37. The number of hydrogen-bond donors (Lipinski definition) is 3. The van der Waals surface area contributed by atoms with Gasteiger partial charge < -0.3 is 19.8 Å². The molecule has 5 rings (SSSR count). The van der Waals surface area contributed by atoms with Crippen LogP contribution >= 0.6 is 0 Å². The number of nitrogens with zero attached hydrogens (tertiary/aromatic N) is 3. The number of nitrogens with one attached hydrogen (secondary N) is 2. The summed E-state index contributed by atoms with van der Waals surface area (Å²) in [6, 6.07) is 19.0. The van der Waals surface area contributed by atoms with E-state index in [1.165, 1.54) is 11.3 Å². The van der Waals surface area contributed by atoms with Gasteiger partial charge in [0.1, 0.15) is 5.84 Å². The average molecular weight is 492 g/mol. The number of para-hydroxylation sites is 1. The third-order valence-corrected chi connectivity index (χ3v) is 7.81. The van der Waals surface area contributed by atoms with E-state index < -0.39 is 5.97 Å². The minimum Gasteiger partial charge on any atom is -0.481 e. The second-order valence-electron chi connectivity index (χ2n) is 10.3. The van der Waals surface area contributed by atoms with Crippen molar-refractivity contribution in [1.29, 1.82) is 5.41 Å². The number of carboxylic acids is 1. The van der Waals surface area contributed by atoms with E-state index in [0.29, 0.717) is 11.8 Å². The standard InChI is InChI=1S/C28H37N5O3/c29-28(33-16-14-32(15-17-33)24-4-2-1-3-5-24)23-8-6-22(7-9-23)26-19-25(36-30-26)20-31-12-10-21(11-13-31)18-27(34)35/h1-9,21,25-26,29-30H,10-20H2,(H,34,35). The fraction of sp³-hybridized carbons (Fsp3) is 0.500. The van der Waals surface area contributed by atoms with Crippen LogP contribution in [0.5, 0.6) is 0 Å². The number of hydrogen-bond acceptors (Lipinski definition) is 6. The number of carboxylic acid groups (broad SMARTS) is 1. The molecule has 192 valence electrons. The monoisotopic (exact) mass is 491 g/mol. The summed E-state index contributed by atoms with van der Waals surface area (Å²) in [6.45, 7) is 6.31. The van der Waals surface area contributed by atoms with Crippen molar-refractivity contribution in [3.8, 4) is 0 Å². The van der Waals surface area contributed by atoms with Crippen LogP contribution in [0.25, 0.3) is 0 Å². The second-order valence-corrected chi connectivity index (χ2v) is 10.3. The Labute approximate surface area is 213 Å². The minimum absolute atomic E-state index is 0.130. The molecule has 2 atom stereocenters. The van der Waals surface area contributed by atoms with Crippen LogP contribution in [-0.2, 0) is 9.63 Å². The molecule has 3 heterocycles. The number of amidine groups is 1. The van der Waals surface area contributed by atoms with Crippen molar-refractivity contribution in [2.75, 3.05) is 50.7 Å². The number of piperidine rings is 1. The van der Waals surface area contributed by atoms with E-state index in [-0.39, 0.29) is 18.6 Å². The van der Waals surface area contributed by atoms with E-state index in [1.54, 1.807) is 0 Å². The van der Waals surface area contributed by atoms with Gasteiger partial charge in [-0.1, -0.05) is 42.5 Å². The zero-order valence-electron chi connectivity index (χ0n) is 20.8. The number of benzene rings is 2. The van der Waals surface area contributed by atoms with Crippen LogP contribution in [0.1, 0.15) is 42.9 Å². The zero-order valence-corrected chi connectivity index (χ0v) is 20.8. The topological polar surface area (TPSA) is 92.1 Å². The molecule has 3 N–H and O–H groups in total. The Morgan fingerprint density at radius 2 is 1.67 bits per heavy atom. The molecule has 2 aromatic carbocycles. The Bertz CT molecular complexity index is 1020. The lowest BCUT2D eigenvalue weighted by Crippen LogP contribution is -2.48. The minimum atomic E-state index is -0.689. The zero-order chi connectivity index (χ0) is 24.9. The van der Waals surface area contributed by atoms with Crippen LogP contribution in [0.2, 0.25) is 0 Å². The van der Waals surface area contributed by atoms with Crippen LogP contribution in [-0.4, -0.2) is 78.6 Å². The molecule has 0 aliphatic carbocycles. The van der Waals surface area contributed by atoms with Gasteiger partial charge in [0.2, 0.25) is 0 Å². The number of piperazine rings is 1. The molecule has 3 saturated heterocycles. The maximum absolute atomic E-state index is 10.9. The molecule has 0 aromatic heterocycles. The molecule has 0 radical (unpaired) electrons. The molecule has 0 amide bonds. The number of rotatable bonds is 7. The lowest BCUT2D eigenvalue weighted by atomic mass is 9.93. The normalized spacial score (nSPS) is 23.7. The van der Waals surface area contributed by atoms with Crippen LogP contribution < -0.4 is 10.4 Å². The predicted octanol–water partition coefficient (Wildman–Crippen LogP) is 3.36. The average Bonchev–Trinajstić information content (AvgIpc) is 3.38. The van der Waals surface area contributed by atoms with Gasteiger partial charge >= 0.3 is 5.97 Å².